The molecular formula is C12H22O2. The summed E-state index contributed by atoms with van der Waals surface area (Å²) in [6.07, 6.45) is 0. The van der Waals surface area contributed by atoms with Gasteiger partial charge in [0.15, 0.2) is 0 Å². The lowest BCUT2D eigenvalue weighted by atomic mass is 10.1. The fraction of sp³-hybridized carbons (Fsp3) is 0.500. The molecule has 14 heavy (non-hydrogen) atoms. The molecule has 1 aromatic rings. The molecule has 0 saturated heterocycles. The van der Waals surface area contributed by atoms with Gasteiger partial charge in [-0.25, -0.2) is 0 Å². The third-order valence-electron chi connectivity index (χ3n) is 1.51. The second kappa shape index (κ2) is 8.42. The molecule has 0 spiro atoms. The van der Waals surface area contributed by atoms with Crippen molar-refractivity contribution in [3.63, 3.8) is 0 Å². The lowest BCUT2D eigenvalue weighted by molar-refractivity contribution is 0.445. The molecule has 0 bridgehead atoms. The molecule has 0 radical (unpaired) electrons. The van der Waals surface area contributed by atoms with Crippen molar-refractivity contribution in [2.75, 3.05) is 0 Å². The van der Waals surface area contributed by atoms with E-state index in [4.69, 9.17) is 10.2 Å². The van der Waals surface area contributed by atoms with E-state index in [1.807, 2.05) is 27.7 Å². The number of hydrogen-bond acceptors (Lipinski definition) is 2. The van der Waals surface area contributed by atoms with Gasteiger partial charge in [-0.05, 0) is 31.0 Å². The van der Waals surface area contributed by atoms with Crippen molar-refractivity contribution in [1.29, 1.82) is 0 Å². The zero-order valence-electron chi connectivity index (χ0n) is 10.0. The van der Waals surface area contributed by atoms with Gasteiger partial charge in [-0.3, -0.25) is 0 Å². The summed E-state index contributed by atoms with van der Waals surface area (Å²) in [6, 6.07) is 3.09. The Balaban J connectivity index is 0. The SMILES string of the molecule is CC.CC.Cc1cc(C)c(O)cc1O. The molecule has 0 unspecified atom stereocenters. The third kappa shape index (κ3) is 4.75. The smallest absolute Gasteiger partial charge is 0.122 e. The Bertz CT molecular complexity index is 204. The molecule has 0 saturated carbocycles. The molecule has 0 heterocycles. The lowest BCUT2D eigenvalue weighted by Crippen LogP contribution is -1.78. The van der Waals surface area contributed by atoms with E-state index in [2.05, 4.69) is 0 Å². The summed E-state index contributed by atoms with van der Waals surface area (Å²) in [7, 11) is 0. The van der Waals surface area contributed by atoms with Crippen LogP contribution in [0.5, 0.6) is 11.5 Å². The molecule has 1 aromatic carbocycles. The topological polar surface area (TPSA) is 40.5 Å². The highest BCUT2D eigenvalue weighted by Gasteiger charge is 1.99. The van der Waals surface area contributed by atoms with Crippen LogP contribution in [0.25, 0.3) is 0 Å². The lowest BCUT2D eigenvalue weighted by Gasteiger charge is -2.01. The maximum atomic E-state index is 9.06. The quantitative estimate of drug-likeness (QED) is 0.666. The average Bonchev–Trinajstić information content (AvgIpc) is 2.21. The van der Waals surface area contributed by atoms with Crippen LogP contribution in [0.3, 0.4) is 0 Å². The predicted octanol–water partition coefficient (Wildman–Crippen LogP) is 3.77. The summed E-state index contributed by atoms with van der Waals surface area (Å²) in [4.78, 5) is 0. The van der Waals surface area contributed by atoms with Crippen molar-refractivity contribution < 1.29 is 10.2 Å². The minimum atomic E-state index is 0.142. The van der Waals surface area contributed by atoms with E-state index in [-0.39, 0.29) is 11.5 Å². The van der Waals surface area contributed by atoms with Gasteiger partial charge >= 0.3 is 0 Å². The first-order valence-corrected chi connectivity index (χ1v) is 5.10. The van der Waals surface area contributed by atoms with Gasteiger partial charge in [0.25, 0.3) is 0 Å². The van der Waals surface area contributed by atoms with Crippen LogP contribution in [0.4, 0.5) is 0 Å². The van der Waals surface area contributed by atoms with Crippen LogP contribution in [-0.2, 0) is 0 Å². The summed E-state index contributed by atoms with van der Waals surface area (Å²) in [6.45, 7) is 11.6. The van der Waals surface area contributed by atoms with Crippen LogP contribution in [0, 0.1) is 13.8 Å². The summed E-state index contributed by atoms with van der Waals surface area (Å²) in [5.41, 5.74) is 1.57. The number of benzene rings is 1. The Morgan fingerprint density at radius 1 is 0.714 bits per heavy atom. The maximum Gasteiger partial charge on any atom is 0.122 e. The Morgan fingerprint density at radius 2 is 1.00 bits per heavy atom. The van der Waals surface area contributed by atoms with Gasteiger partial charge in [0.2, 0.25) is 0 Å². The minimum Gasteiger partial charge on any atom is -0.508 e. The summed E-state index contributed by atoms with van der Waals surface area (Å²) >= 11 is 0. The van der Waals surface area contributed by atoms with Crippen LogP contribution < -0.4 is 0 Å². The largest absolute Gasteiger partial charge is 0.508 e. The number of rotatable bonds is 0. The van der Waals surface area contributed by atoms with E-state index in [0.29, 0.717) is 0 Å². The Hall–Kier alpha value is -1.18. The highest BCUT2D eigenvalue weighted by molar-refractivity contribution is 5.43. The third-order valence-corrected chi connectivity index (χ3v) is 1.51. The standard InChI is InChI=1S/C8H10O2.2C2H6/c1-5-3-6(2)8(10)4-7(5)9;2*1-2/h3-4,9-10H,1-2H3;2*1-2H3. The first-order chi connectivity index (χ1) is 6.61. The summed E-state index contributed by atoms with van der Waals surface area (Å²) in [5, 5.41) is 18.1. The molecule has 82 valence electrons. The number of phenols is 2. The summed E-state index contributed by atoms with van der Waals surface area (Å²) < 4.78 is 0. The number of hydrogen-bond donors (Lipinski definition) is 2. The highest BCUT2D eigenvalue weighted by Crippen LogP contribution is 2.25. The molecule has 0 atom stereocenters. The zero-order chi connectivity index (χ0) is 11.7. The molecule has 2 heteroatoms. The normalized spacial score (nSPS) is 7.86. The molecule has 0 aliphatic heterocycles. The monoisotopic (exact) mass is 198 g/mol. The molecule has 0 aliphatic carbocycles. The van der Waals surface area contributed by atoms with Gasteiger partial charge in [0.1, 0.15) is 11.5 Å². The van der Waals surface area contributed by atoms with Gasteiger partial charge in [-0.1, -0.05) is 27.7 Å². The molecule has 0 fully saturated rings. The van der Waals surface area contributed by atoms with Gasteiger partial charge < -0.3 is 10.2 Å². The molecule has 0 aromatic heterocycles. The first-order valence-electron chi connectivity index (χ1n) is 5.10. The van der Waals surface area contributed by atoms with Gasteiger partial charge in [0, 0.05) is 6.07 Å². The highest BCUT2D eigenvalue weighted by atomic mass is 16.3. The van der Waals surface area contributed by atoms with Crippen LogP contribution in [0.1, 0.15) is 38.8 Å². The van der Waals surface area contributed by atoms with Gasteiger partial charge in [-0.2, -0.15) is 0 Å². The Morgan fingerprint density at radius 3 is 1.21 bits per heavy atom. The van der Waals surface area contributed by atoms with E-state index < -0.39 is 0 Å². The van der Waals surface area contributed by atoms with Crippen molar-refractivity contribution in [3.05, 3.63) is 23.3 Å². The Kier molecular flexibility index (Phi) is 9.20. The molecule has 0 amide bonds. The summed E-state index contributed by atoms with van der Waals surface area (Å²) in [5.74, 6) is 0.284. The average molecular weight is 198 g/mol. The van der Waals surface area contributed by atoms with E-state index in [0.717, 1.165) is 11.1 Å². The number of aromatic hydroxyl groups is 2. The number of aryl methyl sites for hydroxylation is 2. The maximum absolute atomic E-state index is 9.06. The fourth-order valence-electron chi connectivity index (χ4n) is 0.830. The van der Waals surface area contributed by atoms with E-state index in [1.165, 1.54) is 6.07 Å². The van der Waals surface area contributed by atoms with Crippen molar-refractivity contribution in [1.82, 2.24) is 0 Å². The van der Waals surface area contributed by atoms with Crippen LogP contribution in [0.2, 0.25) is 0 Å². The van der Waals surface area contributed by atoms with Crippen molar-refractivity contribution in [2.24, 2.45) is 0 Å². The molecule has 1 rings (SSSR count). The minimum absolute atomic E-state index is 0.142. The van der Waals surface area contributed by atoms with E-state index in [1.54, 1.807) is 19.9 Å². The zero-order valence-corrected chi connectivity index (χ0v) is 10.0. The molecule has 0 aliphatic rings. The second-order valence-electron chi connectivity index (χ2n) is 2.43. The molecular weight excluding hydrogens is 176 g/mol. The molecule has 2 N–H and O–H groups in total. The Labute approximate surface area is 87.2 Å². The van der Waals surface area contributed by atoms with Crippen LogP contribution >= 0.6 is 0 Å². The number of phenolic OH excluding ortho intramolecular Hbond substituents is 2. The second-order valence-corrected chi connectivity index (χ2v) is 2.43. The first kappa shape index (κ1) is 15.3. The van der Waals surface area contributed by atoms with E-state index >= 15 is 0 Å². The predicted molar refractivity (Wildman–Crippen MR) is 61.9 cm³/mol. The molecule has 2 nitrogen and oxygen atoms in total. The van der Waals surface area contributed by atoms with Crippen molar-refractivity contribution in [3.8, 4) is 11.5 Å². The fourth-order valence-corrected chi connectivity index (χ4v) is 0.830. The van der Waals surface area contributed by atoms with E-state index in [9.17, 15) is 0 Å². The van der Waals surface area contributed by atoms with Crippen molar-refractivity contribution >= 4 is 0 Å². The van der Waals surface area contributed by atoms with Crippen LogP contribution in [0.15, 0.2) is 12.1 Å². The van der Waals surface area contributed by atoms with Gasteiger partial charge in [-0.15, -0.1) is 0 Å². The van der Waals surface area contributed by atoms with Crippen molar-refractivity contribution in [2.45, 2.75) is 41.5 Å². The van der Waals surface area contributed by atoms with Gasteiger partial charge in [0.05, 0.1) is 0 Å². The van der Waals surface area contributed by atoms with Crippen LogP contribution in [-0.4, -0.2) is 10.2 Å².